The predicted molar refractivity (Wildman–Crippen MR) is 178 cm³/mol. The number of aromatic nitrogens is 1. The van der Waals surface area contributed by atoms with Crippen LogP contribution in [-0.2, 0) is 20.1 Å². The van der Waals surface area contributed by atoms with Gasteiger partial charge in [-0.3, -0.25) is 0 Å². The van der Waals surface area contributed by atoms with E-state index in [0.29, 0.717) is 11.1 Å². The average molecular weight is 764 g/mol. The molecule has 0 amide bonds. The van der Waals surface area contributed by atoms with E-state index < -0.39 is 6.85 Å². The molecule has 2 aliphatic carbocycles. The topological polar surface area (TPSA) is 38.4 Å². The molecule has 44 heavy (non-hydrogen) atoms. The number of rotatable bonds is 4. The van der Waals surface area contributed by atoms with Crippen LogP contribution >= 0.6 is 0 Å². The minimum atomic E-state index is -2.48. The molecule has 2 aromatic carbocycles. The van der Waals surface area contributed by atoms with Gasteiger partial charge in [-0.25, -0.2) is 0 Å². The van der Waals surface area contributed by atoms with Crippen LogP contribution in [0.15, 0.2) is 106 Å². The van der Waals surface area contributed by atoms with Crippen molar-refractivity contribution in [2.75, 3.05) is 0 Å². The number of fused-ring (bicyclic) bond motifs is 1. The number of allylic oxidation sites excluding steroid dienone is 1. The molecule has 0 N–H and O–H groups in total. The third-order valence-electron chi connectivity index (χ3n) is 8.86. The van der Waals surface area contributed by atoms with Crippen LogP contribution in [-0.4, -0.2) is 10.7 Å². The third kappa shape index (κ3) is 8.43. The maximum atomic E-state index is 8.11. The molecule has 3 heterocycles. The van der Waals surface area contributed by atoms with Gasteiger partial charge in [0.15, 0.2) is 0 Å². The van der Waals surface area contributed by atoms with Gasteiger partial charge in [0.05, 0.1) is 2.74 Å². The van der Waals surface area contributed by atoms with E-state index in [9.17, 15) is 0 Å². The molecule has 3 nitrogen and oxygen atoms in total. The smallest absolute Gasteiger partial charge is 0.120 e. The number of benzene rings is 2. The maximum Gasteiger partial charge on any atom is 0.120 e. The van der Waals surface area contributed by atoms with Crippen molar-refractivity contribution in [1.82, 2.24) is 4.98 Å². The molecular formula is C40H42IrN2O-2. The molecule has 229 valence electrons. The van der Waals surface area contributed by atoms with E-state index in [1.807, 2.05) is 30.3 Å². The van der Waals surface area contributed by atoms with Crippen LogP contribution in [0, 0.1) is 24.9 Å². The Bertz CT molecular complexity index is 1850. The Hall–Kier alpha value is -3.33. The molecule has 3 aliphatic rings. The first kappa shape index (κ1) is 25.9. The van der Waals surface area contributed by atoms with Crippen molar-refractivity contribution in [3.63, 3.8) is 0 Å². The second kappa shape index (κ2) is 16.1. The van der Waals surface area contributed by atoms with E-state index in [1.165, 1.54) is 87.3 Å². The number of nitrogens with zero attached hydrogens (tertiary/aromatic N) is 2. The standard InChI is InChI=1S/C22H28N.C18H14NO.Ir/c1-2-7-18(8-3-1)21-13-14-22(23-16-21)20-12-6-11-19(15-20)17-9-4-5-10-17;1-14-10-11-17(19-12-14)16-8-3-2-6-15-7-4-5-9-18(15)20-13-16;/h6,11,15-18H,1-5,7-10,13-14H2;2-7,9-13H,1H3;/q2*-1;/i;1D3,10D,11D;. The predicted octanol–water partition coefficient (Wildman–Crippen LogP) is 10.9. The second-order valence-electron chi connectivity index (χ2n) is 11.8. The van der Waals surface area contributed by atoms with Gasteiger partial charge in [0.1, 0.15) is 5.58 Å². The number of hydrogen-bond donors (Lipinski definition) is 0. The Morgan fingerprint density at radius 1 is 0.841 bits per heavy atom. The number of pyridine rings is 1. The van der Waals surface area contributed by atoms with Gasteiger partial charge >= 0.3 is 0 Å². The van der Waals surface area contributed by atoms with Crippen LogP contribution < -0.4 is 0 Å². The van der Waals surface area contributed by atoms with Crippen molar-refractivity contribution in [2.45, 2.75) is 83.4 Å². The maximum absolute atomic E-state index is 8.11. The van der Waals surface area contributed by atoms with Crippen LogP contribution in [0.3, 0.4) is 0 Å². The molecule has 2 fully saturated rings. The molecule has 0 unspecified atom stereocenters. The minimum Gasteiger partial charge on any atom is -0.508 e. The van der Waals surface area contributed by atoms with Crippen LogP contribution in [0.4, 0.5) is 0 Å². The van der Waals surface area contributed by atoms with Gasteiger partial charge in [0, 0.05) is 48.3 Å². The molecule has 4 aromatic rings. The van der Waals surface area contributed by atoms with E-state index in [-0.39, 0.29) is 43.4 Å². The van der Waals surface area contributed by atoms with Crippen LogP contribution in [0.2, 0.25) is 0 Å². The quantitative estimate of drug-likeness (QED) is 0.194. The summed E-state index contributed by atoms with van der Waals surface area (Å²) in [7, 11) is 0. The number of para-hydroxylation sites is 1. The summed E-state index contributed by atoms with van der Waals surface area (Å²) in [4.78, 5) is 8.91. The van der Waals surface area contributed by atoms with Crippen molar-refractivity contribution in [3.8, 4) is 11.3 Å². The van der Waals surface area contributed by atoms with Gasteiger partial charge in [0.2, 0.25) is 0 Å². The van der Waals surface area contributed by atoms with E-state index in [2.05, 4.69) is 41.5 Å². The number of aliphatic imine (C=N–C) groups is 1. The normalized spacial score (nSPS) is 19.0. The molecule has 0 saturated heterocycles. The first-order valence-electron chi connectivity index (χ1n) is 18.2. The fourth-order valence-corrected chi connectivity index (χ4v) is 6.46. The van der Waals surface area contributed by atoms with Crippen molar-refractivity contribution in [1.29, 1.82) is 0 Å². The van der Waals surface area contributed by atoms with Gasteiger partial charge in [-0.1, -0.05) is 79.6 Å². The van der Waals surface area contributed by atoms with Crippen molar-refractivity contribution >= 4 is 16.7 Å². The molecule has 4 heteroatoms. The van der Waals surface area contributed by atoms with Crippen LogP contribution in [0.5, 0.6) is 0 Å². The van der Waals surface area contributed by atoms with Gasteiger partial charge in [-0.15, -0.1) is 53.6 Å². The molecule has 0 spiro atoms. The summed E-state index contributed by atoms with van der Waals surface area (Å²) >= 11 is 0. The van der Waals surface area contributed by atoms with E-state index >= 15 is 0 Å². The Kier molecular flexibility index (Phi) is 9.50. The third-order valence-corrected chi connectivity index (χ3v) is 8.86. The molecule has 2 saturated carbocycles. The SMILES string of the molecule is [2H]c1c(C([2H])([2H])[2H])cnc(-c2[c-]cccc3ccccc3oc2)c1[2H].[Ir].[c-]1ccc(C2CCCC2)cc1C1=NC=C(C2CCCCC2)CC1. The number of hydrogen-bond acceptors (Lipinski definition) is 3. The van der Waals surface area contributed by atoms with Crippen molar-refractivity contribution in [2.24, 2.45) is 10.9 Å². The van der Waals surface area contributed by atoms with Crippen LogP contribution in [0.1, 0.15) is 100 Å². The Morgan fingerprint density at radius 2 is 1.61 bits per heavy atom. The fraction of sp³-hybridized carbons (Fsp3) is 0.350. The Labute approximate surface area is 283 Å². The summed E-state index contributed by atoms with van der Waals surface area (Å²) in [5.74, 6) is 1.60. The minimum absolute atomic E-state index is 0. The summed E-state index contributed by atoms with van der Waals surface area (Å²) in [6.45, 7) is -2.48. The molecule has 2 aromatic heterocycles. The summed E-state index contributed by atoms with van der Waals surface area (Å²) in [6.07, 6.45) is 19.6. The van der Waals surface area contributed by atoms with Gasteiger partial charge in [-0.2, -0.15) is 0 Å². The van der Waals surface area contributed by atoms with Crippen molar-refractivity contribution in [3.05, 3.63) is 126 Å². The first-order chi connectivity index (χ1) is 23.3. The molecule has 0 atom stereocenters. The van der Waals surface area contributed by atoms with Gasteiger partial charge in [-0.05, 0) is 80.2 Å². The average Bonchev–Trinajstić information content (AvgIpc) is 3.68. The molecular weight excluding hydrogens is 717 g/mol. The van der Waals surface area contributed by atoms with E-state index in [0.717, 1.165) is 29.8 Å². The zero-order chi connectivity index (χ0) is 33.5. The summed E-state index contributed by atoms with van der Waals surface area (Å²) in [5, 5.41) is 0.885. The van der Waals surface area contributed by atoms with E-state index in [4.69, 9.17) is 16.3 Å². The van der Waals surface area contributed by atoms with Gasteiger partial charge in [0.25, 0.3) is 0 Å². The summed E-state index contributed by atoms with van der Waals surface area (Å²) in [5.41, 5.74) is 6.50. The molecule has 7 rings (SSSR count). The molecule has 1 radical (unpaired) electrons. The fourth-order valence-electron chi connectivity index (χ4n) is 6.46. The number of aryl methyl sites for hydroxylation is 1. The van der Waals surface area contributed by atoms with Crippen molar-refractivity contribution < 1.29 is 31.4 Å². The molecule has 1 aliphatic heterocycles. The Morgan fingerprint density at radius 3 is 2.43 bits per heavy atom. The summed E-state index contributed by atoms with van der Waals surface area (Å²) < 4.78 is 44.0. The zero-order valence-electron chi connectivity index (χ0n) is 30.1. The monoisotopic (exact) mass is 764 g/mol. The van der Waals surface area contributed by atoms with Crippen LogP contribution in [0.25, 0.3) is 22.2 Å². The summed E-state index contributed by atoms with van der Waals surface area (Å²) in [6, 6.07) is 25.2. The van der Waals surface area contributed by atoms with E-state index in [1.54, 1.807) is 17.7 Å². The second-order valence-corrected chi connectivity index (χ2v) is 11.8. The first-order valence-corrected chi connectivity index (χ1v) is 15.7. The zero-order valence-corrected chi connectivity index (χ0v) is 27.5. The largest absolute Gasteiger partial charge is 0.508 e. The molecule has 0 bridgehead atoms. The van der Waals surface area contributed by atoms with Gasteiger partial charge < -0.3 is 14.4 Å². The Balaban J connectivity index is 0.000000188.